The fourth-order valence-corrected chi connectivity index (χ4v) is 2.82. The molecule has 0 saturated carbocycles. The first kappa shape index (κ1) is 14.2. The Hall–Kier alpha value is -1.17. The highest BCUT2D eigenvalue weighted by atomic mass is 79.9. The molecule has 0 amide bonds. The Bertz CT molecular complexity index is 530. The first-order chi connectivity index (χ1) is 9.13. The van der Waals surface area contributed by atoms with E-state index in [1.807, 2.05) is 17.1 Å². The largest absolute Gasteiger partial charge is 0.272 e. The van der Waals surface area contributed by atoms with Gasteiger partial charge in [-0.25, -0.2) is 5.43 Å². The Morgan fingerprint density at radius 3 is 2.79 bits per heavy atom. The van der Waals surface area contributed by atoms with Crippen LogP contribution in [0.25, 0.3) is 0 Å². The molecule has 0 fully saturated rings. The molecule has 1 unspecified atom stereocenters. The number of nitrogens with one attached hydrogen (secondary N) is 1. The van der Waals surface area contributed by atoms with Crippen molar-refractivity contribution in [1.29, 1.82) is 0 Å². The maximum Gasteiger partial charge on any atom is 0.0741 e. The zero-order chi connectivity index (χ0) is 13.8. The molecule has 0 aliphatic carbocycles. The van der Waals surface area contributed by atoms with Crippen molar-refractivity contribution in [3.63, 3.8) is 0 Å². The number of rotatable bonds is 5. The SMILES string of the molecule is CCCn1cc(C(NN)c2cc(C)cc(Br)c2)cn1. The van der Waals surface area contributed by atoms with E-state index in [9.17, 15) is 0 Å². The average molecular weight is 323 g/mol. The molecule has 0 bridgehead atoms. The van der Waals surface area contributed by atoms with Crippen molar-refractivity contribution < 1.29 is 0 Å². The lowest BCUT2D eigenvalue weighted by Crippen LogP contribution is -2.28. The van der Waals surface area contributed by atoms with E-state index in [2.05, 4.69) is 58.5 Å². The fourth-order valence-electron chi connectivity index (χ4n) is 2.20. The third kappa shape index (κ3) is 3.43. The van der Waals surface area contributed by atoms with Gasteiger partial charge in [0, 0.05) is 22.8 Å². The number of nitrogens with two attached hydrogens (primary N) is 1. The molecule has 1 atom stereocenters. The average Bonchev–Trinajstić information content (AvgIpc) is 2.78. The molecule has 0 saturated heterocycles. The van der Waals surface area contributed by atoms with Crippen LogP contribution >= 0.6 is 15.9 Å². The molecule has 19 heavy (non-hydrogen) atoms. The number of benzene rings is 1. The van der Waals surface area contributed by atoms with Crippen molar-refractivity contribution in [1.82, 2.24) is 15.2 Å². The number of hydrogen-bond donors (Lipinski definition) is 2. The second-order valence-electron chi connectivity index (χ2n) is 4.70. The van der Waals surface area contributed by atoms with Gasteiger partial charge in [0.25, 0.3) is 0 Å². The topological polar surface area (TPSA) is 55.9 Å². The monoisotopic (exact) mass is 322 g/mol. The van der Waals surface area contributed by atoms with E-state index in [0.29, 0.717) is 0 Å². The molecule has 1 aromatic carbocycles. The normalized spacial score (nSPS) is 12.6. The number of aryl methyl sites for hydroxylation is 2. The van der Waals surface area contributed by atoms with E-state index in [0.717, 1.165) is 28.6 Å². The van der Waals surface area contributed by atoms with Crippen molar-refractivity contribution in [3.05, 3.63) is 51.8 Å². The van der Waals surface area contributed by atoms with Gasteiger partial charge in [-0.3, -0.25) is 10.5 Å². The van der Waals surface area contributed by atoms with Gasteiger partial charge in [-0.1, -0.05) is 28.9 Å². The van der Waals surface area contributed by atoms with Crippen LogP contribution in [0.4, 0.5) is 0 Å². The molecular weight excluding hydrogens is 304 g/mol. The van der Waals surface area contributed by atoms with Crippen LogP contribution < -0.4 is 11.3 Å². The summed E-state index contributed by atoms with van der Waals surface area (Å²) in [6, 6.07) is 6.25. The van der Waals surface area contributed by atoms with Gasteiger partial charge in [0.15, 0.2) is 0 Å². The molecule has 2 aromatic rings. The Morgan fingerprint density at radius 1 is 1.37 bits per heavy atom. The lowest BCUT2D eigenvalue weighted by atomic mass is 10.0. The van der Waals surface area contributed by atoms with Gasteiger partial charge in [0.2, 0.25) is 0 Å². The molecular formula is C14H19BrN4. The van der Waals surface area contributed by atoms with Crippen LogP contribution in [0.3, 0.4) is 0 Å². The summed E-state index contributed by atoms with van der Waals surface area (Å²) in [5.41, 5.74) is 6.28. The van der Waals surface area contributed by atoms with Gasteiger partial charge in [-0.15, -0.1) is 0 Å². The van der Waals surface area contributed by atoms with Gasteiger partial charge < -0.3 is 0 Å². The van der Waals surface area contributed by atoms with Crippen LogP contribution in [0, 0.1) is 6.92 Å². The van der Waals surface area contributed by atoms with Crippen molar-refractivity contribution in [2.45, 2.75) is 32.9 Å². The minimum atomic E-state index is -0.0400. The van der Waals surface area contributed by atoms with Gasteiger partial charge in [-0.2, -0.15) is 5.10 Å². The summed E-state index contributed by atoms with van der Waals surface area (Å²) >= 11 is 3.52. The highest BCUT2D eigenvalue weighted by Crippen LogP contribution is 2.25. The predicted molar refractivity (Wildman–Crippen MR) is 80.6 cm³/mol. The molecule has 5 heteroatoms. The molecule has 2 rings (SSSR count). The third-order valence-corrected chi connectivity index (χ3v) is 3.46. The minimum absolute atomic E-state index is 0.0400. The molecule has 0 aliphatic rings. The number of halogens is 1. The second-order valence-corrected chi connectivity index (χ2v) is 5.61. The minimum Gasteiger partial charge on any atom is -0.272 e. The molecule has 102 valence electrons. The third-order valence-electron chi connectivity index (χ3n) is 3.00. The van der Waals surface area contributed by atoms with Gasteiger partial charge in [0.1, 0.15) is 0 Å². The number of hydrogen-bond acceptors (Lipinski definition) is 3. The summed E-state index contributed by atoms with van der Waals surface area (Å²) in [6.45, 7) is 5.13. The molecule has 0 spiro atoms. The number of nitrogens with zero attached hydrogens (tertiary/aromatic N) is 2. The lowest BCUT2D eigenvalue weighted by Gasteiger charge is -2.15. The first-order valence-electron chi connectivity index (χ1n) is 6.39. The van der Waals surface area contributed by atoms with Gasteiger partial charge >= 0.3 is 0 Å². The van der Waals surface area contributed by atoms with Crippen molar-refractivity contribution >= 4 is 15.9 Å². The summed E-state index contributed by atoms with van der Waals surface area (Å²) in [7, 11) is 0. The Balaban J connectivity index is 2.32. The van der Waals surface area contributed by atoms with Crippen LogP contribution in [0.15, 0.2) is 35.1 Å². The number of hydrazine groups is 1. The van der Waals surface area contributed by atoms with E-state index in [1.54, 1.807) is 0 Å². The highest BCUT2D eigenvalue weighted by molar-refractivity contribution is 9.10. The summed E-state index contributed by atoms with van der Waals surface area (Å²) in [5, 5.41) is 4.35. The van der Waals surface area contributed by atoms with E-state index in [-0.39, 0.29) is 6.04 Å². The molecule has 1 heterocycles. The van der Waals surface area contributed by atoms with Crippen LogP contribution in [0.5, 0.6) is 0 Å². The molecule has 4 nitrogen and oxygen atoms in total. The molecule has 3 N–H and O–H groups in total. The summed E-state index contributed by atoms with van der Waals surface area (Å²) in [6.07, 6.45) is 4.98. The summed E-state index contributed by atoms with van der Waals surface area (Å²) in [4.78, 5) is 0. The molecule has 1 aromatic heterocycles. The fraction of sp³-hybridized carbons (Fsp3) is 0.357. The summed E-state index contributed by atoms with van der Waals surface area (Å²) in [5.74, 6) is 5.72. The zero-order valence-electron chi connectivity index (χ0n) is 11.2. The van der Waals surface area contributed by atoms with E-state index in [1.165, 1.54) is 5.56 Å². The Morgan fingerprint density at radius 2 is 2.16 bits per heavy atom. The lowest BCUT2D eigenvalue weighted by molar-refractivity contribution is 0.598. The molecule has 0 radical (unpaired) electrons. The van der Waals surface area contributed by atoms with E-state index >= 15 is 0 Å². The van der Waals surface area contributed by atoms with Crippen LogP contribution in [0.1, 0.15) is 36.1 Å². The maximum atomic E-state index is 5.72. The van der Waals surface area contributed by atoms with Crippen LogP contribution in [0.2, 0.25) is 0 Å². The maximum absolute atomic E-state index is 5.72. The van der Waals surface area contributed by atoms with Crippen LogP contribution in [-0.2, 0) is 6.54 Å². The van der Waals surface area contributed by atoms with Crippen molar-refractivity contribution in [2.75, 3.05) is 0 Å². The van der Waals surface area contributed by atoms with Crippen LogP contribution in [-0.4, -0.2) is 9.78 Å². The predicted octanol–water partition coefficient (Wildman–Crippen LogP) is 2.92. The first-order valence-corrected chi connectivity index (χ1v) is 7.19. The Labute approximate surface area is 122 Å². The highest BCUT2D eigenvalue weighted by Gasteiger charge is 2.15. The van der Waals surface area contributed by atoms with E-state index < -0.39 is 0 Å². The van der Waals surface area contributed by atoms with Gasteiger partial charge in [0.05, 0.1) is 12.2 Å². The Kier molecular flexibility index (Phi) is 4.74. The smallest absolute Gasteiger partial charge is 0.0741 e. The quantitative estimate of drug-likeness (QED) is 0.657. The standard InChI is InChI=1S/C14H19BrN4/c1-3-4-19-9-12(8-17-19)14(18-16)11-5-10(2)6-13(15)7-11/h5-9,14,18H,3-4,16H2,1-2H3. The number of aromatic nitrogens is 2. The van der Waals surface area contributed by atoms with E-state index in [4.69, 9.17) is 5.84 Å². The van der Waals surface area contributed by atoms with Gasteiger partial charge in [-0.05, 0) is 36.6 Å². The van der Waals surface area contributed by atoms with Crippen molar-refractivity contribution in [3.8, 4) is 0 Å². The molecule has 0 aliphatic heterocycles. The second kappa shape index (κ2) is 6.32. The zero-order valence-corrected chi connectivity index (χ0v) is 12.8. The van der Waals surface area contributed by atoms with Crippen molar-refractivity contribution in [2.24, 2.45) is 5.84 Å². The summed E-state index contributed by atoms with van der Waals surface area (Å²) < 4.78 is 3.01.